The largest absolute Gasteiger partial charge is 0.444 e. The van der Waals surface area contributed by atoms with Gasteiger partial charge in [-0.25, -0.2) is 13.6 Å². The van der Waals surface area contributed by atoms with Gasteiger partial charge in [0.05, 0.1) is 5.41 Å². The molecule has 2 aliphatic heterocycles. The zero-order valence-electron chi connectivity index (χ0n) is 24.8. The van der Waals surface area contributed by atoms with Gasteiger partial charge in [0.1, 0.15) is 29.3 Å². The predicted octanol–water partition coefficient (Wildman–Crippen LogP) is 4.05. The highest BCUT2D eigenvalue weighted by atomic mass is 19.1. The zero-order valence-corrected chi connectivity index (χ0v) is 24.8. The number of ether oxygens (including phenoxy) is 1. The zero-order chi connectivity index (χ0) is 31.0. The number of alkyl carbamates (subject to hydrolysis) is 1. The van der Waals surface area contributed by atoms with Crippen molar-refractivity contribution in [3.8, 4) is 0 Å². The lowest BCUT2D eigenvalue weighted by Gasteiger charge is -2.33. The number of anilines is 1. The maximum absolute atomic E-state index is 14.7. The molecule has 1 spiro atoms. The normalized spacial score (nSPS) is 19.6. The Bertz CT molecular complexity index is 1400. The van der Waals surface area contributed by atoms with Crippen molar-refractivity contribution in [2.24, 2.45) is 5.41 Å². The topological polar surface area (TPSA) is 117 Å². The maximum Gasteiger partial charge on any atom is 0.408 e. The number of likely N-dealkylation sites (tertiary alicyclic amines) is 1. The van der Waals surface area contributed by atoms with Crippen LogP contribution < -0.4 is 16.0 Å². The van der Waals surface area contributed by atoms with Gasteiger partial charge in [0.15, 0.2) is 0 Å². The summed E-state index contributed by atoms with van der Waals surface area (Å²) < 4.78 is 34.2. The second kappa shape index (κ2) is 11.3. The van der Waals surface area contributed by atoms with E-state index < -0.39 is 58.1 Å². The predicted molar refractivity (Wildman–Crippen MR) is 153 cm³/mol. The Balaban J connectivity index is 1.60. The number of fused-ring (bicyclic) bond motifs is 2. The third-order valence-electron chi connectivity index (χ3n) is 7.55. The molecule has 3 N–H and O–H groups in total. The number of hydrogen-bond acceptors (Lipinski definition) is 5. The summed E-state index contributed by atoms with van der Waals surface area (Å²) in [5.41, 5.74) is -1.53. The molecule has 1 saturated heterocycles. The van der Waals surface area contributed by atoms with Crippen LogP contribution in [-0.4, -0.2) is 59.5 Å². The average Bonchev–Trinajstić information content (AvgIpc) is 3.44. The average molecular weight is 585 g/mol. The summed E-state index contributed by atoms with van der Waals surface area (Å²) in [4.78, 5) is 54.7. The Morgan fingerprint density at radius 2 is 1.74 bits per heavy atom. The van der Waals surface area contributed by atoms with E-state index in [1.807, 2.05) is 0 Å². The van der Waals surface area contributed by atoms with Crippen LogP contribution in [0.5, 0.6) is 0 Å². The molecule has 4 amide bonds. The minimum Gasteiger partial charge on any atom is -0.444 e. The fourth-order valence-electron chi connectivity index (χ4n) is 5.45. The van der Waals surface area contributed by atoms with E-state index in [4.69, 9.17) is 4.74 Å². The summed E-state index contributed by atoms with van der Waals surface area (Å²) in [6.07, 6.45) is -0.706. The van der Waals surface area contributed by atoms with Gasteiger partial charge in [0, 0.05) is 25.2 Å². The number of hydrogen-bond donors (Lipinski definition) is 3. The molecule has 9 nitrogen and oxygen atoms in total. The van der Waals surface area contributed by atoms with Crippen LogP contribution >= 0.6 is 0 Å². The third kappa shape index (κ3) is 6.55. The van der Waals surface area contributed by atoms with Gasteiger partial charge in [0.25, 0.3) is 0 Å². The van der Waals surface area contributed by atoms with E-state index in [-0.39, 0.29) is 37.4 Å². The van der Waals surface area contributed by atoms with E-state index >= 15 is 0 Å². The Morgan fingerprint density at radius 3 is 2.38 bits per heavy atom. The van der Waals surface area contributed by atoms with Crippen molar-refractivity contribution in [2.45, 2.75) is 77.5 Å². The Morgan fingerprint density at radius 1 is 1.05 bits per heavy atom. The molecule has 0 bridgehead atoms. The molecule has 226 valence electrons. The first kappa shape index (κ1) is 30.9. The lowest BCUT2D eigenvalue weighted by molar-refractivity contribution is -0.137. The molecular formula is C31H38F2N4O5. The van der Waals surface area contributed by atoms with Gasteiger partial charge in [-0.3, -0.25) is 14.4 Å². The van der Waals surface area contributed by atoms with Crippen LogP contribution in [-0.2, 0) is 31.0 Å². The molecule has 2 heterocycles. The molecule has 1 fully saturated rings. The monoisotopic (exact) mass is 584 g/mol. The summed E-state index contributed by atoms with van der Waals surface area (Å²) in [7, 11) is 0. The molecule has 0 radical (unpaired) electrons. The number of amides is 4. The fraction of sp³-hybridized carbons (Fsp3) is 0.484. The number of rotatable bonds is 6. The minimum absolute atomic E-state index is 0.0311. The highest BCUT2D eigenvalue weighted by Gasteiger charge is 2.53. The molecule has 0 aliphatic carbocycles. The van der Waals surface area contributed by atoms with Crippen molar-refractivity contribution in [3.05, 3.63) is 65.2 Å². The van der Waals surface area contributed by atoms with Gasteiger partial charge >= 0.3 is 6.09 Å². The fourth-order valence-corrected chi connectivity index (χ4v) is 5.45. The molecule has 0 unspecified atom stereocenters. The first-order valence-corrected chi connectivity index (χ1v) is 13.9. The number of benzene rings is 2. The maximum atomic E-state index is 14.7. The van der Waals surface area contributed by atoms with Crippen molar-refractivity contribution in [1.82, 2.24) is 15.5 Å². The van der Waals surface area contributed by atoms with Gasteiger partial charge < -0.3 is 25.6 Å². The molecular weight excluding hydrogens is 546 g/mol. The van der Waals surface area contributed by atoms with Gasteiger partial charge in [-0.1, -0.05) is 39.0 Å². The number of nitrogens with zero attached hydrogens (tertiary/aromatic N) is 1. The molecule has 2 aliphatic rings. The van der Waals surface area contributed by atoms with Crippen LogP contribution in [0.2, 0.25) is 0 Å². The minimum atomic E-state index is -1.22. The van der Waals surface area contributed by atoms with Crippen LogP contribution in [0, 0.1) is 17.0 Å². The standard InChI is InChI=1S/C31H38F2N4O5/c1-29(2,3)24(36-28(41)42-30(4,5)6)25(38)34-23(15-18-9-7-8-10-21(18)33)26(39)37-14-13-31(17-37)20-16-19(32)11-12-22(20)35-27(31)40/h7-12,16,23-24H,13-15,17H2,1-6H3,(H,34,38)(H,35,40)(H,36,41)/t23-,24+,31-/m0/s1. The summed E-state index contributed by atoms with van der Waals surface area (Å²) >= 11 is 0. The lowest BCUT2D eigenvalue weighted by atomic mass is 9.81. The Kier molecular flexibility index (Phi) is 8.35. The summed E-state index contributed by atoms with van der Waals surface area (Å²) in [5.74, 6) is -2.54. The van der Waals surface area contributed by atoms with E-state index in [1.54, 1.807) is 47.6 Å². The van der Waals surface area contributed by atoms with Crippen molar-refractivity contribution in [3.63, 3.8) is 0 Å². The van der Waals surface area contributed by atoms with E-state index in [2.05, 4.69) is 16.0 Å². The van der Waals surface area contributed by atoms with Crippen molar-refractivity contribution >= 4 is 29.5 Å². The van der Waals surface area contributed by atoms with E-state index in [9.17, 15) is 28.0 Å². The Labute approximate surface area is 244 Å². The van der Waals surface area contributed by atoms with E-state index in [0.717, 1.165) is 0 Å². The van der Waals surface area contributed by atoms with Crippen molar-refractivity contribution < 1.29 is 32.7 Å². The summed E-state index contributed by atoms with van der Waals surface area (Å²) in [6, 6.07) is 7.68. The molecule has 3 atom stereocenters. The quantitative estimate of drug-likeness (QED) is 0.474. The molecule has 0 aromatic heterocycles. The highest BCUT2D eigenvalue weighted by Crippen LogP contribution is 2.44. The van der Waals surface area contributed by atoms with Crippen LogP contribution in [0.4, 0.5) is 19.3 Å². The third-order valence-corrected chi connectivity index (χ3v) is 7.55. The molecule has 2 aromatic carbocycles. The Hall–Kier alpha value is -4.02. The van der Waals surface area contributed by atoms with Gasteiger partial charge in [-0.2, -0.15) is 0 Å². The number of halogens is 2. The highest BCUT2D eigenvalue weighted by molar-refractivity contribution is 6.07. The van der Waals surface area contributed by atoms with Gasteiger partial charge in [0.2, 0.25) is 17.7 Å². The van der Waals surface area contributed by atoms with Crippen molar-refractivity contribution in [2.75, 3.05) is 18.4 Å². The second-order valence-electron chi connectivity index (χ2n) is 13.0. The van der Waals surface area contributed by atoms with E-state index in [1.165, 1.54) is 41.3 Å². The molecule has 2 aromatic rings. The smallest absolute Gasteiger partial charge is 0.408 e. The second-order valence-corrected chi connectivity index (χ2v) is 13.0. The SMILES string of the molecule is CC(C)(C)OC(=O)N[C@H](C(=O)N[C@@H](Cc1ccccc1F)C(=O)N1CC[C@@]2(C1)C(=O)Nc1ccc(F)cc12)C(C)(C)C. The van der Waals surface area contributed by atoms with E-state index in [0.29, 0.717) is 11.3 Å². The van der Waals surface area contributed by atoms with Crippen LogP contribution in [0.1, 0.15) is 59.1 Å². The first-order valence-electron chi connectivity index (χ1n) is 13.9. The number of carbonyl (C=O) groups is 4. The first-order chi connectivity index (χ1) is 19.5. The molecule has 42 heavy (non-hydrogen) atoms. The van der Waals surface area contributed by atoms with Gasteiger partial charge in [-0.15, -0.1) is 0 Å². The number of nitrogens with one attached hydrogen (secondary N) is 3. The molecule has 4 rings (SSSR count). The van der Waals surface area contributed by atoms with Crippen LogP contribution in [0.25, 0.3) is 0 Å². The summed E-state index contributed by atoms with van der Waals surface area (Å²) in [5, 5.41) is 8.11. The van der Waals surface area contributed by atoms with Crippen LogP contribution in [0.15, 0.2) is 42.5 Å². The van der Waals surface area contributed by atoms with Crippen molar-refractivity contribution in [1.29, 1.82) is 0 Å². The lowest BCUT2D eigenvalue weighted by Crippen LogP contribution is -2.59. The van der Waals surface area contributed by atoms with Crippen LogP contribution in [0.3, 0.4) is 0 Å². The summed E-state index contributed by atoms with van der Waals surface area (Å²) in [6.45, 7) is 10.5. The molecule has 0 saturated carbocycles. The molecule has 11 heteroatoms. The van der Waals surface area contributed by atoms with Gasteiger partial charge in [-0.05, 0) is 68.0 Å². The number of carbonyl (C=O) groups excluding carboxylic acids is 4.